The number of hydrogen-bond acceptors (Lipinski definition) is 5. The molecule has 0 saturated carbocycles. The van der Waals surface area contributed by atoms with E-state index in [1.165, 1.54) is 0 Å². The Hall–Kier alpha value is -1.83. The standard InChI is InChI=1S/C21H31N3O3S/c1-16(2)15-19(20(25)22-24-13-6-7-14-28-24)18(21(26)23-27)12-8-11-17-9-4-3-5-10-17/h3-5,8-11,16,18-19,27H,6-7,12-15H2,1-2H3,(H,22,25)(H,23,26)/t18-,19+/m0/s1. The molecule has 6 nitrogen and oxygen atoms in total. The highest BCUT2D eigenvalue weighted by molar-refractivity contribution is 7.97. The van der Waals surface area contributed by atoms with Gasteiger partial charge in [0.25, 0.3) is 0 Å². The van der Waals surface area contributed by atoms with E-state index in [-0.39, 0.29) is 11.8 Å². The smallest absolute Gasteiger partial charge is 0.247 e. The average Bonchev–Trinajstić information content (AvgIpc) is 2.70. The molecule has 1 heterocycles. The minimum atomic E-state index is -0.637. The first-order valence-corrected chi connectivity index (χ1v) is 10.8. The van der Waals surface area contributed by atoms with Crippen LogP contribution in [0.25, 0.3) is 6.08 Å². The van der Waals surface area contributed by atoms with Crippen molar-refractivity contribution in [2.75, 3.05) is 12.3 Å². The predicted octanol–water partition coefficient (Wildman–Crippen LogP) is 3.65. The van der Waals surface area contributed by atoms with Crippen LogP contribution in [0.4, 0.5) is 0 Å². The van der Waals surface area contributed by atoms with E-state index >= 15 is 0 Å². The molecular weight excluding hydrogens is 374 g/mol. The number of rotatable bonds is 9. The molecule has 1 saturated heterocycles. The molecule has 1 aliphatic heterocycles. The Morgan fingerprint density at radius 2 is 1.93 bits per heavy atom. The van der Waals surface area contributed by atoms with Gasteiger partial charge in [0.2, 0.25) is 11.8 Å². The van der Waals surface area contributed by atoms with Crippen LogP contribution in [-0.4, -0.2) is 33.7 Å². The van der Waals surface area contributed by atoms with E-state index in [9.17, 15) is 14.8 Å². The van der Waals surface area contributed by atoms with E-state index in [1.807, 2.05) is 60.7 Å². The lowest BCUT2D eigenvalue weighted by Crippen LogP contribution is -2.47. The maximum atomic E-state index is 13.0. The quantitative estimate of drug-likeness (QED) is 0.332. The van der Waals surface area contributed by atoms with Crippen LogP contribution in [0.15, 0.2) is 36.4 Å². The highest BCUT2D eigenvalue weighted by Gasteiger charge is 2.34. The summed E-state index contributed by atoms with van der Waals surface area (Å²) >= 11 is 1.61. The zero-order chi connectivity index (χ0) is 20.4. The monoisotopic (exact) mass is 405 g/mol. The van der Waals surface area contributed by atoms with Crippen LogP contribution in [-0.2, 0) is 9.59 Å². The minimum absolute atomic E-state index is 0.162. The topological polar surface area (TPSA) is 81.7 Å². The summed E-state index contributed by atoms with van der Waals surface area (Å²) < 4.78 is 1.87. The van der Waals surface area contributed by atoms with Gasteiger partial charge in [-0.15, -0.1) is 0 Å². The molecule has 3 N–H and O–H groups in total. The van der Waals surface area contributed by atoms with Gasteiger partial charge >= 0.3 is 0 Å². The van der Waals surface area contributed by atoms with Gasteiger partial charge in [0, 0.05) is 12.3 Å². The predicted molar refractivity (Wildman–Crippen MR) is 113 cm³/mol. The third-order valence-electron chi connectivity index (χ3n) is 4.73. The van der Waals surface area contributed by atoms with Crippen molar-refractivity contribution < 1.29 is 14.8 Å². The average molecular weight is 406 g/mol. The van der Waals surface area contributed by atoms with Crippen LogP contribution < -0.4 is 10.9 Å². The van der Waals surface area contributed by atoms with Crippen molar-refractivity contribution >= 4 is 29.8 Å². The number of benzene rings is 1. The van der Waals surface area contributed by atoms with Crippen molar-refractivity contribution in [1.82, 2.24) is 15.3 Å². The number of amides is 2. The van der Waals surface area contributed by atoms with Crippen molar-refractivity contribution in [3.05, 3.63) is 42.0 Å². The highest BCUT2D eigenvalue weighted by atomic mass is 32.2. The Balaban J connectivity index is 2.12. The van der Waals surface area contributed by atoms with Crippen molar-refractivity contribution in [1.29, 1.82) is 0 Å². The number of hydrazine groups is 1. The Morgan fingerprint density at radius 1 is 1.18 bits per heavy atom. The molecule has 0 radical (unpaired) electrons. The zero-order valence-corrected chi connectivity index (χ0v) is 17.5. The fourth-order valence-corrected chi connectivity index (χ4v) is 4.27. The molecule has 2 amide bonds. The maximum absolute atomic E-state index is 13.0. The van der Waals surface area contributed by atoms with Gasteiger partial charge in [0.05, 0.1) is 11.8 Å². The van der Waals surface area contributed by atoms with Gasteiger partial charge in [-0.1, -0.05) is 68.3 Å². The maximum Gasteiger partial charge on any atom is 0.247 e. The summed E-state index contributed by atoms with van der Waals surface area (Å²) in [5.41, 5.74) is 5.75. The van der Waals surface area contributed by atoms with Crippen molar-refractivity contribution in [2.24, 2.45) is 17.8 Å². The van der Waals surface area contributed by atoms with Crippen LogP contribution in [0.5, 0.6) is 0 Å². The number of nitrogens with zero attached hydrogens (tertiary/aromatic N) is 1. The molecule has 1 aliphatic rings. The van der Waals surface area contributed by atoms with Crippen molar-refractivity contribution in [3.63, 3.8) is 0 Å². The van der Waals surface area contributed by atoms with Crippen LogP contribution in [0.1, 0.15) is 45.1 Å². The van der Waals surface area contributed by atoms with Crippen LogP contribution in [0, 0.1) is 17.8 Å². The van der Waals surface area contributed by atoms with Gasteiger partial charge in [0.1, 0.15) is 0 Å². The molecule has 0 spiro atoms. The lowest BCUT2D eigenvalue weighted by atomic mass is 9.82. The lowest BCUT2D eigenvalue weighted by molar-refractivity contribution is -0.141. The first kappa shape index (κ1) is 22.5. The summed E-state index contributed by atoms with van der Waals surface area (Å²) in [5.74, 6) is -0.612. The summed E-state index contributed by atoms with van der Waals surface area (Å²) in [5, 5.41) is 9.24. The van der Waals surface area contributed by atoms with Crippen molar-refractivity contribution in [3.8, 4) is 0 Å². The first-order chi connectivity index (χ1) is 13.5. The fraction of sp³-hybridized carbons (Fsp3) is 0.524. The number of hydroxylamine groups is 1. The second kappa shape index (κ2) is 11.9. The Labute approximate surface area is 171 Å². The van der Waals surface area contributed by atoms with Gasteiger partial charge in [-0.25, -0.2) is 5.48 Å². The van der Waals surface area contributed by atoms with E-state index in [0.29, 0.717) is 12.8 Å². The van der Waals surface area contributed by atoms with Gasteiger partial charge in [-0.05, 0) is 37.2 Å². The normalized spacial score (nSPS) is 17.4. The highest BCUT2D eigenvalue weighted by Crippen LogP contribution is 2.26. The van der Waals surface area contributed by atoms with Gasteiger partial charge in [-0.2, -0.15) is 4.41 Å². The molecule has 154 valence electrons. The molecular formula is C21H31N3O3S. The molecule has 2 atom stereocenters. The van der Waals surface area contributed by atoms with Gasteiger partial charge in [0.15, 0.2) is 0 Å². The Morgan fingerprint density at radius 3 is 2.54 bits per heavy atom. The van der Waals surface area contributed by atoms with Crippen LogP contribution in [0.3, 0.4) is 0 Å². The van der Waals surface area contributed by atoms with Gasteiger partial charge in [-0.3, -0.25) is 20.2 Å². The van der Waals surface area contributed by atoms with Crippen LogP contribution in [0.2, 0.25) is 0 Å². The number of allylic oxidation sites excluding steroid dienone is 1. The van der Waals surface area contributed by atoms with E-state index < -0.39 is 17.7 Å². The third kappa shape index (κ3) is 7.30. The number of nitrogens with one attached hydrogen (secondary N) is 2. The Kier molecular flexibility index (Phi) is 9.54. The minimum Gasteiger partial charge on any atom is -0.289 e. The molecule has 0 bridgehead atoms. The SMILES string of the molecule is CC(C)C[C@@H](C(=O)NN1CCCCS1)[C@H](CC=Cc1ccccc1)C(=O)NO. The number of carbonyl (C=O) groups is 2. The first-order valence-electron chi connectivity index (χ1n) is 9.87. The summed E-state index contributed by atoms with van der Waals surface area (Å²) in [6.45, 7) is 4.86. The molecule has 1 aromatic rings. The summed E-state index contributed by atoms with van der Waals surface area (Å²) in [6, 6.07) is 9.79. The summed E-state index contributed by atoms with van der Waals surface area (Å²) in [4.78, 5) is 25.4. The molecule has 1 aromatic carbocycles. The molecule has 28 heavy (non-hydrogen) atoms. The Bertz CT molecular complexity index is 646. The second-order valence-corrected chi connectivity index (χ2v) is 8.59. The summed E-state index contributed by atoms with van der Waals surface area (Å²) in [6.07, 6.45) is 6.96. The van der Waals surface area contributed by atoms with Crippen LogP contribution >= 0.6 is 11.9 Å². The zero-order valence-electron chi connectivity index (χ0n) is 16.6. The lowest BCUT2D eigenvalue weighted by Gasteiger charge is -2.30. The van der Waals surface area contributed by atoms with Crippen molar-refractivity contribution in [2.45, 2.75) is 39.5 Å². The number of carbonyl (C=O) groups excluding carboxylic acids is 2. The molecule has 1 fully saturated rings. The van der Waals surface area contributed by atoms with E-state index in [4.69, 9.17) is 0 Å². The summed E-state index contributed by atoms with van der Waals surface area (Å²) in [7, 11) is 0. The van der Waals surface area contributed by atoms with E-state index in [2.05, 4.69) is 5.43 Å². The molecule has 0 aromatic heterocycles. The van der Waals surface area contributed by atoms with Gasteiger partial charge < -0.3 is 0 Å². The molecule has 2 rings (SSSR count). The largest absolute Gasteiger partial charge is 0.289 e. The molecule has 0 unspecified atom stereocenters. The molecule has 0 aliphatic carbocycles. The van der Waals surface area contributed by atoms with E-state index in [1.54, 1.807) is 17.4 Å². The fourth-order valence-electron chi connectivity index (χ4n) is 3.30. The molecule has 7 heteroatoms. The third-order valence-corrected chi connectivity index (χ3v) is 5.79. The number of hydrogen-bond donors (Lipinski definition) is 3. The second-order valence-electron chi connectivity index (χ2n) is 7.49. The van der Waals surface area contributed by atoms with E-state index in [0.717, 1.165) is 30.7 Å².